The van der Waals surface area contributed by atoms with E-state index < -0.39 is 34.3 Å². The third-order valence-corrected chi connectivity index (χ3v) is 6.07. The zero-order chi connectivity index (χ0) is 21.6. The van der Waals surface area contributed by atoms with Crippen LogP contribution in [0.1, 0.15) is 58.2 Å². The van der Waals surface area contributed by atoms with Gasteiger partial charge in [-0.2, -0.15) is 0 Å². The van der Waals surface area contributed by atoms with Gasteiger partial charge in [0.25, 0.3) is 11.8 Å². The molecular formula is C22H24FN3O4. The predicted molar refractivity (Wildman–Crippen MR) is 108 cm³/mol. The highest BCUT2D eigenvalue weighted by atomic mass is 19.1. The Balaban J connectivity index is 1.70. The van der Waals surface area contributed by atoms with E-state index in [4.69, 9.17) is 0 Å². The molecule has 2 aliphatic heterocycles. The summed E-state index contributed by atoms with van der Waals surface area (Å²) >= 11 is 0. The van der Waals surface area contributed by atoms with Crippen LogP contribution in [0.15, 0.2) is 29.2 Å². The first-order valence-electron chi connectivity index (χ1n) is 10.0. The number of rotatable bonds is 3. The summed E-state index contributed by atoms with van der Waals surface area (Å²) < 4.78 is 15.6. The van der Waals surface area contributed by atoms with Crippen molar-refractivity contribution in [3.05, 3.63) is 62.8 Å². The summed E-state index contributed by atoms with van der Waals surface area (Å²) in [4.78, 5) is 39.9. The highest BCUT2D eigenvalue weighted by Gasteiger charge is 2.42. The SMILES string of the molecule is Cc1ccc(CNC(=O)c2cn3c(c(O)c2=O)C(=O)N2CCCCC3(C)C2)c(F)c1. The second-order valence-corrected chi connectivity index (χ2v) is 8.40. The van der Waals surface area contributed by atoms with Crippen LogP contribution in [0.4, 0.5) is 4.39 Å². The molecule has 7 nitrogen and oxygen atoms in total. The van der Waals surface area contributed by atoms with Crippen LogP contribution >= 0.6 is 0 Å². The molecule has 0 spiro atoms. The zero-order valence-electron chi connectivity index (χ0n) is 17.0. The first-order chi connectivity index (χ1) is 14.2. The first kappa shape index (κ1) is 20.1. The van der Waals surface area contributed by atoms with Crippen molar-refractivity contribution < 1.29 is 19.1 Å². The molecule has 1 atom stereocenters. The molecule has 2 bridgehead atoms. The van der Waals surface area contributed by atoms with Gasteiger partial charge in [0.2, 0.25) is 5.43 Å². The minimum Gasteiger partial charge on any atom is -0.503 e. The van der Waals surface area contributed by atoms with Crippen LogP contribution in [0.25, 0.3) is 0 Å². The van der Waals surface area contributed by atoms with Crippen LogP contribution in [-0.4, -0.2) is 39.5 Å². The van der Waals surface area contributed by atoms with Gasteiger partial charge < -0.3 is 19.9 Å². The van der Waals surface area contributed by atoms with Gasteiger partial charge in [-0.3, -0.25) is 14.4 Å². The van der Waals surface area contributed by atoms with Crippen molar-refractivity contribution in [3.8, 4) is 5.75 Å². The Morgan fingerprint density at radius 3 is 2.80 bits per heavy atom. The summed E-state index contributed by atoms with van der Waals surface area (Å²) in [5.41, 5.74) is -0.719. The Hall–Kier alpha value is -3.16. The van der Waals surface area contributed by atoms with Gasteiger partial charge in [-0.25, -0.2) is 4.39 Å². The van der Waals surface area contributed by atoms with E-state index in [2.05, 4.69) is 5.32 Å². The van der Waals surface area contributed by atoms with Gasteiger partial charge in [-0.15, -0.1) is 0 Å². The molecule has 2 aliphatic rings. The average Bonchev–Trinajstić information content (AvgIpc) is 2.88. The quantitative estimate of drug-likeness (QED) is 0.808. The number of halogens is 1. The van der Waals surface area contributed by atoms with Crippen LogP contribution in [0.2, 0.25) is 0 Å². The second-order valence-electron chi connectivity index (χ2n) is 8.40. The van der Waals surface area contributed by atoms with E-state index >= 15 is 0 Å². The summed E-state index contributed by atoms with van der Waals surface area (Å²) in [7, 11) is 0. The minimum atomic E-state index is -0.903. The van der Waals surface area contributed by atoms with Gasteiger partial charge in [0.05, 0.1) is 5.54 Å². The number of benzene rings is 1. The molecule has 0 aliphatic carbocycles. The molecule has 30 heavy (non-hydrogen) atoms. The van der Waals surface area contributed by atoms with E-state index in [0.29, 0.717) is 13.1 Å². The third kappa shape index (κ3) is 3.26. The summed E-state index contributed by atoms with van der Waals surface area (Å²) in [6.07, 6.45) is 3.84. The lowest BCUT2D eigenvalue weighted by Crippen LogP contribution is -2.52. The van der Waals surface area contributed by atoms with Gasteiger partial charge in [0.15, 0.2) is 11.4 Å². The summed E-state index contributed by atoms with van der Waals surface area (Å²) in [5.74, 6) is -2.29. The molecule has 1 fully saturated rings. The lowest BCUT2D eigenvalue weighted by atomic mass is 9.92. The normalized spacial score (nSPS) is 20.5. The van der Waals surface area contributed by atoms with Gasteiger partial charge in [-0.05, 0) is 44.7 Å². The van der Waals surface area contributed by atoms with E-state index in [1.54, 1.807) is 28.5 Å². The minimum absolute atomic E-state index is 0.0724. The lowest BCUT2D eigenvalue weighted by Gasteiger charge is -2.42. The number of hydrogen-bond acceptors (Lipinski definition) is 4. The number of fused-ring (bicyclic) bond motifs is 4. The van der Waals surface area contributed by atoms with Crippen molar-refractivity contribution in [2.24, 2.45) is 0 Å². The Labute approximate surface area is 173 Å². The molecule has 158 valence electrons. The number of aromatic nitrogens is 1. The zero-order valence-corrected chi connectivity index (χ0v) is 17.0. The second kappa shape index (κ2) is 7.27. The molecule has 2 amide bonds. The van der Waals surface area contributed by atoms with E-state index in [1.165, 1.54) is 12.3 Å². The number of carbonyl (C=O) groups is 2. The first-order valence-corrected chi connectivity index (χ1v) is 10.0. The van der Waals surface area contributed by atoms with Crippen molar-refractivity contribution >= 4 is 11.8 Å². The Kier molecular flexibility index (Phi) is 4.88. The molecule has 3 heterocycles. The Morgan fingerprint density at radius 2 is 2.07 bits per heavy atom. The highest BCUT2D eigenvalue weighted by Crippen LogP contribution is 2.36. The van der Waals surface area contributed by atoms with Crippen LogP contribution < -0.4 is 10.7 Å². The van der Waals surface area contributed by atoms with E-state index in [9.17, 15) is 23.9 Å². The number of nitrogens with one attached hydrogen (secondary N) is 1. The van der Waals surface area contributed by atoms with Crippen LogP contribution in [0, 0.1) is 12.7 Å². The highest BCUT2D eigenvalue weighted by molar-refractivity contribution is 5.99. The number of aryl methyl sites for hydroxylation is 1. The summed E-state index contributed by atoms with van der Waals surface area (Å²) in [5, 5.41) is 13.1. The van der Waals surface area contributed by atoms with Crippen LogP contribution in [-0.2, 0) is 12.1 Å². The van der Waals surface area contributed by atoms with Crippen molar-refractivity contribution in [1.29, 1.82) is 0 Å². The number of hydrogen-bond donors (Lipinski definition) is 2. The maximum atomic E-state index is 14.0. The molecule has 4 rings (SSSR count). The molecule has 0 saturated carbocycles. The number of aromatic hydroxyl groups is 1. The van der Waals surface area contributed by atoms with Crippen LogP contribution in [0.3, 0.4) is 0 Å². The third-order valence-electron chi connectivity index (χ3n) is 6.07. The maximum Gasteiger partial charge on any atom is 0.274 e. The van der Waals surface area contributed by atoms with Gasteiger partial charge in [0.1, 0.15) is 11.4 Å². The molecule has 1 aromatic carbocycles. The molecule has 1 unspecified atom stereocenters. The number of nitrogens with zero attached hydrogens (tertiary/aromatic N) is 2. The van der Waals surface area contributed by atoms with Gasteiger partial charge >= 0.3 is 0 Å². The molecule has 1 aromatic heterocycles. The fourth-order valence-corrected chi connectivity index (χ4v) is 4.36. The Morgan fingerprint density at radius 1 is 1.30 bits per heavy atom. The van der Waals surface area contributed by atoms with Crippen molar-refractivity contribution in [1.82, 2.24) is 14.8 Å². The maximum absolute atomic E-state index is 14.0. The average molecular weight is 413 g/mol. The van der Waals surface area contributed by atoms with Crippen molar-refractivity contribution in [3.63, 3.8) is 0 Å². The molecule has 2 N–H and O–H groups in total. The number of carbonyl (C=O) groups excluding carboxylic acids is 2. The van der Waals surface area contributed by atoms with Crippen molar-refractivity contribution in [2.75, 3.05) is 13.1 Å². The fraction of sp³-hybridized carbons (Fsp3) is 0.409. The van der Waals surface area contributed by atoms with E-state index in [1.807, 2.05) is 6.92 Å². The monoisotopic (exact) mass is 413 g/mol. The lowest BCUT2D eigenvalue weighted by molar-refractivity contribution is 0.0592. The summed E-state index contributed by atoms with van der Waals surface area (Å²) in [6.45, 7) is 4.65. The standard InChI is InChI=1S/C22H24FN3O4/c1-13-5-6-14(16(23)9-13)10-24-20(29)15-11-26-17(19(28)18(15)27)21(30)25-8-4-3-7-22(26,2)12-25/h5-6,9,11,28H,3-4,7-8,10,12H2,1-2H3,(H,24,29). The fourth-order valence-electron chi connectivity index (χ4n) is 4.36. The topological polar surface area (TPSA) is 91.6 Å². The van der Waals surface area contributed by atoms with E-state index in [-0.39, 0.29) is 23.4 Å². The summed E-state index contributed by atoms with van der Waals surface area (Å²) in [6, 6.07) is 4.67. The smallest absolute Gasteiger partial charge is 0.274 e. The molecule has 0 radical (unpaired) electrons. The van der Waals surface area contributed by atoms with Crippen molar-refractivity contribution in [2.45, 2.75) is 45.2 Å². The molecule has 2 aromatic rings. The van der Waals surface area contributed by atoms with Gasteiger partial charge in [0, 0.05) is 31.4 Å². The molecule has 8 heteroatoms. The Bertz CT molecular complexity index is 1110. The molecule has 1 saturated heterocycles. The molecular weight excluding hydrogens is 389 g/mol. The van der Waals surface area contributed by atoms with E-state index in [0.717, 1.165) is 24.8 Å². The number of pyridine rings is 1. The predicted octanol–water partition coefficient (Wildman–Crippen LogP) is 2.29. The van der Waals surface area contributed by atoms with Gasteiger partial charge in [-0.1, -0.05) is 12.1 Å². The number of amides is 2. The van der Waals surface area contributed by atoms with Crippen LogP contribution in [0.5, 0.6) is 5.75 Å². The largest absolute Gasteiger partial charge is 0.503 e.